The highest BCUT2D eigenvalue weighted by Crippen LogP contribution is 2.15. The molecule has 15 heavy (non-hydrogen) atoms. The number of piperidine rings is 1. The number of carbonyl (C=O) groups excluding carboxylic acids is 1. The first-order valence-corrected chi connectivity index (χ1v) is 5.88. The lowest BCUT2D eigenvalue weighted by Gasteiger charge is -2.33. The third-order valence-electron chi connectivity index (χ3n) is 3.05. The molecule has 1 heterocycles. The molecule has 1 saturated heterocycles. The van der Waals surface area contributed by atoms with Crippen LogP contribution >= 0.6 is 0 Å². The molecule has 88 valence electrons. The summed E-state index contributed by atoms with van der Waals surface area (Å²) in [5, 5.41) is 2.84. The Kier molecular flexibility index (Phi) is 5.05. The molecule has 0 spiro atoms. The molecule has 1 rings (SSSR count). The fourth-order valence-corrected chi connectivity index (χ4v) is 1.97. The van der Waals surface area contributed by atoms with E-state index in [1.165, 1.54) is 19.3 Å². The number of amides is 1. The van der Waals surface area contributed by atoms with Gasteiger partial charge in [-0.1, -0.05) is 6.42 Å². The maximum atomic E-state index is 11.2. The minimum Gasteiger partial charge on any atom is -0.353 e. The Morgan fingerprint density at radius 2 is 2.33 bits per heavy atom. The minimum absolute atomic E-state index is 0.0559. The van der Waals surface area contributed by atoms with E-state index in [2.05, 4.69) is 17.1 Å². The van der Waals surface area contributed by atoms with Gasteiger partial charge in [-0.05, 0) is 33.2 Å². The molecule has 2 atom stereocenters. The van der Waals surface area contributed by atoms with E-state index < -0.39 is 6.04 Å². The Morgan fingerprint density at radius 1 is 1.60 bits per heavy atom. The van der Waals surface area contributed by atoms with Crippen molar-refractivity contribution in [1.29, 1.82) is 0 Å². The molecule has 1 aliphatic rings. The Bertz CT molecular complexity index is 206. The Balaban J connectivity index is 2.16. The van der Waals surface area contributed by atoms with Crippen molar-refractivity contribution >= 4 is 5.91 Å². The van der Waals surface area contributed by atoms with Gasteiger partial charge in [0.25, 0.3) is 0 Å². The summed E-state index contributed by atoms with van der Waals surface area (Å²) in [4.78, 5) is 13.6. The molecule has 0 aromatic rings. The summed E-state index contributed by atoms with van der Waals surface area (Å²) in [5.74, 6) is -0.0559. The number of nitrogens with zero attached hydrogens (tertiary/aromatic N) is 1. The van der Waals surface area contributed by atoms with E-state index in [9.17, 15) is 4.79 Å². The summed E-state index contributed by atoms with van der Waals surface area (Å²) in [6.45, 7) is 6.78. The first kappa shape index (κ1) is 12.5. The highest BCUT2D eigenvalue weighted by molar-refractivity contribution is 5.80. The Labute approximate surface area is 92.2 Å². The largest absolute Gasteiger partial charge is 0.353 e. The molecule has 1 aliphatic heterocycles. The molecule has 0 aliphatic carbocycles. The van der Waals surface area contributed by atoms with Gasteiger partial charge in [0.15, 0.2) is 0 Å². The van der Waals surface area contributed by atoms with Crippen LogP contribution in [-0.4, -0.2) is 42.5 Å². The first-order valence-electron chi connectivity index (χ1n) is 5.88. The van der Waals surface area contributed by atoms with Gasteiger partial charge in [0, 0.05) is 19.1 Å². The van der Waals surface area contributed by atoms with Crippen LogP contribution in [0.5, 0.6) is 0 Å². The van der Waals surface area contributed by atoms with Crippen molar-refractivity contribution in [3.63, 3.8) is 0 Å². The molecule has 4 nitrogen and oxygen atoms in total. The zero-order chi connectivity index (χ0) is 11.3. The summed E-state index contributed by atoms with van der Waals surface area (Å²) >= 11 is 0. The van der Waals surface area contributed by atoms with Gasteiger partial charge in [-0.25, -0.2) is 0 Å². The van der Waals surface area contributed by atoms with Crippen LogP contribution in [0.3, 0.4) is 0 Å². The molecule has 0 saturated carbocycles. The SMILES string of the molecule is CC1CCCCN1CCNC(=O)[C@@H](C)N. The van der Waals surface area contributed by atoms with Crippen LogP contribution in [0.4, 0.5) is 0 Å². The number of nitrogens with one attached hydrogen (secondary N) is 1. The molecule has 3 N–H and O–H groups in total. The number of hydrogen-bond acceptors (Lipinski definition) is 3. The lowest BCUT2D eigenvalue weighted by Crippen LogP contribution is -2.45. The molecule has 1 unspecified atom stereocenters. The lowest BCUT2D eigenvalue weighted by molar-refractivity contribution is -0.122. The van der Waals surface area contributed by atoms with E-state index in [0.29, 0.717) is 12.6 Å². The van der Waals surface area contributed by atoms with E-state index in [0.717, 1.165) is 13.1 Å². The van der Waals surface area contributed by atoms with E-state index in [4.69, 9.17) is 5.73 Å². The third-order valence-corrected chi connectivity index (χ3v) is 3.05. The number of hydrogen-bond donors (Lipinski definition) is 2. The van der Waals surface area contributed by atoms with E-state index in [-0.39, 0.29) is 5.91 Å². The van der Waals surface area contributed by atoms with Gasteiger partial charge in [-0.3, -0.25) is 9.69 Å². The van der Waals surface area contributed by atoms with E-state index >= 15 is 0 Å². The minimum atomic E-state index is -0.399. The van der Waals surface area contributed by atoms with Crippen LogP contribution in [0.2, 0.25) is 0 Å². The van der Waals surface area contributed by atoms with Crippen molar-refractivity contribution in [2.45, 2.75) is 45.2 Å². The summed E-state index contributed by atoms with van der Waals surface area (Å²) < 4.78 is 0. The topological polar surface area (TPSA) is 58.4 Å². The highest BCUT2D eigenvalue weighted by atomic mass is 16.2. The highest BCUT2D eigenvalue weighted by Gasteiger charge is 2.17. The second kappa shape index (κ2) is 6.08. The Hall–Kier alpha value is -0.610. The van der Waals surface area contributed by atoms with Crippen LogP contribution in [-0.2, 0) is 4.79 Å². The van der Waals surface area contributed by atoms with Crippen molar-refractivity contribution in [3.05, 3.63) is 0 Å². The number of nitrogens with two attached hydrogens (primary N) is 1. The van der Waals surface area contributed by atoms with Gasteiger partial charge < -0.3 is 11.1 Å². The van der Waals surface area contributed by atoms with Gasteiger partial charge >= 0.3 is 0 Å². The van der Waals surface area contributed by atoms with Gasteiger partial charge in [-0.15, -0.1) is 0 Å². The van der Waals surface area contributed by atoms with E-state index in [1.54, 1.807) is 6.92 Å². The van der Waals surface area contributed by atoms with Crippen LogP contribution in [0.15, 0.2) is 0 Å². The molecule has 0 bridgehead atoms. The molecule has 0 aromatic heterocycles. The predicted octanol–water partition coefficient (Wildman–Crippen LogP) is 0.324. The molecule has 0 aromatic carbocycles. The van der Waals surface area contributed by atoms with Crippen molar-refractivity contribution in [2.75, 3.05) is 19.6 Å². The third kappa shape index (κ3) is 4.18. The fraction of sp³-hybridized carbons (Fsp3) is 0.909. The summed E-state index contributed by atoms with van der Waals surface area (Å²) in [7, 11) is 0. The van der Waals surface area contributed by atoms with Crippen molar-refractivity contribution in [1.82, 2.24) is 10.2 Å². The van der Waals surface area contributed by atoms with E-state index in [1.807, 2.05) is 0 Å². The Morgan fingerprint density at radius 3 is 2.93 bits per heavy atom. The van der Waals surface area contributed by atoms with Crippen LogP contribution in [0.1, 0.15) is 33.1 Å². The van der Waals surface area contributed by atoms with Gasteiger partial charge in [0.2, 0.25) is 5.91 Å². The van der Waals surface area contributed by atoms with Crippen molar-refractivity contribution < 1.29 is 4.79 Å². The summed E-state index contributed by atoms with van der Waals surface area (Å²) in [6, 6.07) is 0.259. The van der Waals surface area contributed by atoms with Crippen molar-refractivity contribution in [2.24, 2.45) is 5.73 Å². The average molecular weight is 213 g/mol. The lowest BCUT2D eigenvalue weighted by atomic mass is 10.0. The monoisotopic (exact) mass is 213 g/mol. The quantitative estimate of drug-likeness (QED) is 0.707. The normalized spacial score (nSPS) is 24.9. The molecular formula is C11H23N3O. The number of carbonyl (C=O) groups is 1. The second-order valence-corrected chi connectivity index (χ2v) is 4.46. The standard InChI is InChI=1S/C11H23N3O/c1-9-5-3-4-7-14(9)8-6-13-11(15)10(2)12/h9-10H,3-8,12H2,1-2H3,(H,13,15)/t9?,10-/m1/s1. The maximum absolute atomic E-state index is 11.2. The number of rotatable bonds is 4. The van der Waals surface area contributed by atoms with Crippen LogP contribution in [0.25, 0.3) is 0 Å². The van der Waals surface area contributed by atoms with Crippen LogP contribution < -0.4 is 11.1 Å². The maximum Gasteiger partial charge on any atom is 0.236 e. The smallest absolute Gasteiger partial charge is 0.236 e. The van der Waals surface area contributed by atoms with Crippen molar-refractivity contribution in [3.8, 4) is 0 Å². The molecule has 4 heteroatoms. The summed E-state index contributed by atoms with van der Waals surface area (Å²) in [5.41, 5.74) is 5.46. The average Bonchev–Trinajstić information content (AvgIpc) is 2.20. The molecule has 1 amide bonds. The van der Waals surface area contributed by atoms with Gasteiger partial charge in [0.05, 0.1) is 6.04 Å². The molecule has 1 fully saturated rings. The van der Waals surface area contributed by atoms with Crippen LogP contribution in [0, 0.1) is 0 Å². The predicted molar refractivity (Wildman–Crippen MR) is 61.5 cm³/mol. The zero-order valence-electron chi connectivity index (χ0n) is 9.83. The zero-order valence-corrected chi connectivity index (χ0v) is 9.83. The molecular weight excluding hydrogens is 190 g/mol. The van der Waals surface area contributed by atoms with Gasteiger partial charge in [-0.2, -0.15) is 0 Å². The van der Waals surface area contributed by atoms with Gasteiger partial charge in [0.1, 0.15) is 0 Å². The number of likely N-dealkylation sites (tertiary alicyclic amines) is 1. The summed E-state index contributed by atoms with van der Waals surface area (Å²) in [6.07, 6.45) is 3.90. The fourth-order valence-electron chi connectivity index (χ4n) is 1.97. The second-order valence-electron chi connectivity index (χ2n) is 4.46. The first-order chi connectivity index (χ1) is 7.11. The molecule has 0 radical (unpaired) electrons.